The van der Waals surface area contributed by atoms with Crippen LogP contribution < -0.4 is 10.6 Å². The minimum absolute atomic E-state index is 0. The molecule has 5 heterocycles. The van der Waals surface area contributed by atoms with Crippen molar-refractivity contribution >= 4 is 67.8 Å². The van der Waals surface area contributed by atoms with E-state index in [0.29, 0.717) is 11.1 Å². The lowest BCUT2D eigenvalue weighted by Crippen LogP contribution is -2.20. The molecule has 0 fully saturated rings. The zero-order valence-electron chi connectivity index (χ0n) is 18.5. The van der Waals surface area contributed by atoms with Gasteiger partial charge in [-0.25, -0.2) is 0 Å². The lowest BCUT2D eigenvalue weighted by Gasteiger charge is -2.18. The molecule has 0 radical (unpaired) electrons. The average molecular weight is 471 g/mol. The van der Waals surface area contributed by atoms with Gasteiger partial charge < -0.3 is 14.5 Å². The van der Waals surface area contributed by atoms with Crippen molar-refractivity contribution in [3.8, 4) is 0 Å². The third-order valence-corrected chi connectivity index (χ3v) is 7.87. The number of amides is 2. The Kier molecular flexibility index (Phi) is 4.04. The number of hydrogen-bond acceptors (Lipinski definition) is 3. The van der Waals surface area contributed by atoms with Crippen molar-refractivity contribution in [3.05, 3.63) is 58.7 Å². The average Bonchev–Trinajstić information content (AvgIpc) is 3.41. The van der Waals surface area contributed by atoms with Crippen LogP contribution in [0.4, 0.5) is 0 Å². The highest BCUT2D eigenvalue weighted by Gasteiger charge is 2.37. The van der Waals surface area contributed by atoms with Gasteiger partial charge in [0.1, 0.15) is 0 Å². The van der Waals surface area contributed by atoms with Crippen LogP contribution in [0.3, 0.4) is 0 Å². The van der Waals surface area contributed by atoms with E-state index in [2.05, 4.69) is 56.2 Å². The molecule has 8 rings (SSSR count). The summed E-state index contributed by atoms with van der Waals surface area (Å²) in [6.45, 7) is 3.56. The molecule has 34 heavy (non-hydrogen) atoms. The van der Waals surface area contributed by atoms with E-state index in [4.69, 9.17) is 0 Å². The molecule has 0 bridgehead atoms. The van der Waals surface area contributed by atoms with E-state index in [0.717, 1.165) is 78.0 Å². The number of nitrogens with one attached hydrogen (secondary N) is 2. The second-order valence-corrected chi connectivity index (χ2v) is 9.54. The maximum absolute atomic E-state index is 13.2. The summed E-state index contributed by atoms with van der Waals surface area (Å²) in [5.41, 5.74) is 8.33. The third kappa shape index (κ3) is 2.25. The molecule has 3 aromatic carbocycles. The lowest BCUT2D eigenvalue weighted by atomic mass is 9.96. The minimum Gasteiger partial charge on any atom is -0.338 e. The van der Waals surface area contributed by atoms with Gasteiger partial charge in [0, 0.05) is 41.2 Å². The molecule has 0 spiro atoms. The number of nitrogens with zero attached hydrogens (tertiary/aromatic N) is 2. The van der Waals surface area contributed by atoms with Crippen molar-refractivity contribution < 1.29 is 9.59 Å². The van der Waals surface area contributed by atoms with Crippen LogP contribution in [0.2, 0.25) is 0 Å². The van der Waals surface area contributed by atoms with E-state index in [1.54, 1.807) is 0 Å². The van der Waals surface area contributed by atoms with Crippen LogP contribution in [0.25, 0.3) is 43.6 Å². The largest absolute Gasteiger partial charge is 0.338 e. The number of hydrogen-bond donors (Lipinski definition) is 2. The summed E-state index contributed by atoms with van der Waals surface area (Å²) in [4.78, 5) is 26.5. The van der Waals surface area contributed by atoms with E-state index in [1.165, 1.54) is 22.2 Å². The van der Waals surface area contributed by atoms with E-state index in [9.17, 15) is 9.59 Å². The Morgan fingerprint density at radius 1 is 0.706 bits per heavy atom. The number of rotatable bonds is 0. The molecule has 0 saturated heterocycles. The van der Waals surface area contributed by atoms with Gasteiger partial charge in [0.15, 0.2) is 0 Å². The number of halogens is 1. The summed E-state index contributed by atoms with van der Waals surface area (Å²) in [6.07, 6.45) is 3.14. The topological polar surface area (TPSA) is 68.1 Å². The molecule has 2 N–H and O–H groups in total. The van der Waals surface area contributed by atoms with Gasteiger partial charge in [0.25, 0.3) is 11.8 Å². The molecular formula is C27H23ClN4O2. The third-order valence-electron chi connectivity index (χ3n) is 7.87. The number of para-hydroxylation sites is 2. The standard InChI is InChI=1S/C27H22N4O2.ClH/c32-26-20-18-16-8-1-5-14-7-3-11-30(22(14)16)24(18)25-19(21(20)27(33)29-26)17-9-2-6-15-13-28-10-4-12-31(25)23(15)17;/h1-2,5-6,8-9,28H,3-4,7,10-13H2,(H,29,32,33);1H. The normalized spacial score (nSPS) is 17.2. The van der Waals surface area contributed by atoms with Gasteiger partial charge in [-0.3, -0.25) is 14.9 Å². The lowest BCUT2D eigenvalue weighted by molar-refractivity contribution is 0.0880. The van der Waals surface area contributed by atoms with Crippen LogP contribution in [-0.4, -0.2) is 27.5 Å². The Morgan fingerprint density at radius 2 is 1.29 bits per heavy atom. The Balaban J connectivity index is 0.00000200. The monoisotopic (exact) mass is 470 g/mol. The number of fused-ring (bicyclic) bond motifs is 10. The summed E-state index contributed by atoms with van der Waals surface area (Å²) in [7, 11) is 0. The highest BCUT2D eigenvalue weighted by Crippen LogP contribution is 2.47. The quantitative estimate of drug-likeness (QED) is 0.324. The van der Waals surface area contributed by atoms with Gasteiger partial charge in [-0.1, -0.05) is 36.4 Å². The van der Waals surface area contributed by atoms with Crippen LogP contribution in [0.15, 0.2) is 36.4 Å². The summed E-state index contributed by atoms with van der Waals surface area (Å²) >= 11 is 0. The summed E-state index contributed by atoms with van der Waals surface area (Å²) in [5, 5.41) is 10.2. The maximum Gasteiger partial charge on any atom is 0.259 e. The minimum atomic E-state index is -0.272. The SMILES string of the molecule is Cl.O=C1NC(=O)c2c1c1c3cccc4c3n(c1c1c2c2cccc3c2n1CCCNC3)CCC4. The Labute approximate surface area is 201 Å². The molecule has 6 nitrogen and oxygen atoms in total. The summed E-state index contributed by atoms with van der Waals surface area (Å²) < 4.78 is 4.87. The molecular weight excluding hydrogens is 448 g/mol. The van der Waals surface area contributed by atoms with Crippen molar-refractivity contribution in [2.75, 3.05) is 6.54 Å². The molecule has 2 aromatic heterocycles. The van der Waals surface area contributed by atoms with E-state index in [1.807, 2.05) is 0 Å². The molecule has 0 aliphatic carbocycles. The maximum atomic E-state index is 13.2. The zero-order valence-corrected chi connectivity index (χ0v) is 19.3. The number of imide groups is 1. The van der Waals surface area contributed by atoms with Gasteiger partial charge in [0.2, 0.25) is 0 Å². The fourth-order valence-corrected chi connectivity index (χ4v) is 6.71. The van der Waals surface area contributed by atoms with E-state index >= 15 is 0 Å². The highest BCUT2D eigenvalue weighted by atomic mass is 35.5. The first-order valence-corrected chi connectivity index (χ1v) is 11.8. The van der Waals surface area contributed by atoms with Crippen LogP contribution in [0, 0.1) is 0 Å². The fraction of sp³-hybridized carbons (Fsp3) is 0.259. The number of aryl methyl sites for hydroxylation is 3. The predicted molar refractivity (Wildman–Crippen MR) is 136 cm³/mol. The molecule has 0 saturated carbocycles. The molecule has 7 heteroatoms. The Hall–Kier alpha value is -3.35. The van der Waals surface area contributed by atoms with Crippen LogP contribution in [-0.2, 0) is 26.1 Å². The smallest absolute Gasteiger partial charge is 0.259 e. The first kappa shape index (κ1) is 20.1. The van der Waals surface area contributed by atoms with Crippen molar-refractivity contribution in [1.82, 2.24) is 19.8 Å². The summed E-state index contributed by atoms with van der Waals surface area (Å²) in [6, 6.07) is 12.8. The molecule has 3 aliphatic rings. The number of aromatic nitrogens is 2. The van der Waals surface area contributed by atoms with Gasteiger partial charge in [0.05, 0.1) is 33.2 Å². The number of benzene rings is 3. The Morgan fingerprint density at radius 3 is 1.97 bits per heavy atom. The molecule has 0 unspecified atom stereocenters. The molecule has 170 valence electrons. The van der Waals surface area contributed by atoms with Crippen molar-refractivity contribution in [3.63, 3.8) is 0 Å². The molecule has 5 aromatic rings. The number of carbonyl (C=O) groups excluding carboxylic acids is 2. The van der Waals surface area contributed by atoms with Crippen LogP contribution in [0.5, 0.6) is 0 Å². The molecule has 2 amide bonds. The van der Waals surface area contributed by atoms with Crippen molar-refractivity contribution in [1.29, 1.82) is 0 Å². The van der Waals surface area contributed by atoms with Gasteiger partial charge in [-0.05, 0) is 36.9 Å². The second-order valence-electron chi connectivity index (χ2n) is 9.54. The highest BCUT2D eigenvalue weighted by molar-refractivity contribution is 6.39. The fourth-order valence-electron chi connectivity index (χ4n) is 6.71. The van der Waals surface area contributed by atoms with Crippen LogP contribution >= 0.6 is 12.4 Å². The van der Waals surface area contributed by atoms with Gasteiger partial charge in [-0.15, -0.1) is 12.4 Å². The zero-order chi connectivity index (χ0) is 21.8. The number of carbonyl (C=O) groups is 2. The van der Waals surface area contributed by atoms with E-state index in [-0.39, 0.29) is 24.2 Å². The summed E-state index contributed by atoms with van der Waals surface area (Å²) in [5.74, 6) is -0.542. The molecule has 0 atom stereocenters. The van der Waals surface area contributed by atoms with Crippen molar-refractivity contribution in [2.45, 2.75) is 38.9 Å². The van der Waals surface area contributed by atoms with Crippen molar-refractivity contribution in [2.24, 2.45) is 0 Å². The second kappa shape index (κ2) is 6.84. The van der Waals surface area contributed by atoms with E-state index < -0.39 is 0 Å². The Bertz CT molecular complexity index is 1740. The predicted octanol–water partition coefficient (Wildman–Crippen LogP) is 4.65. The van der Waals surface area contributed by atoms with Gasteiger partial charge >= 0.3 is 0 Å². The van der Waals surface area contributed by atoms with Crippen LogP contribution in [0.1, 0.15) is 44.7 Å². The first-order valence-electron chi connectivity index (χ1n) is 11.8. The molecule has 3 aliphatic heterocycles. The van der Waals surface area contributed by atoms with Gasteiger partial charge in [-0.2, -0.15) is 0 Å². The first-order chi connectivity index (χ1) is 16.2.